The second kappa shape index (κ2) is 11.1. The summed E-state index contributed by atoms with van der Waals surface area (Å²) < 4.78 is 28.5. The Kier molecular flexibility index (Phi) is 8.21. The molecule has 3 N–H and O–H groups in total. The van der Waals surface area contributed by atoms with Gasteiger partial charge in [0, 0.05) is 17.8 Å². The van der Waals surface area contributed by atoms with E-state index in [0.29, 0.717) is 16.9 Å². The second-order valence-electron chi connectivity index (χ2n) is 7.42. The molecule has 0 fully saturated rings. The molecule has 1 atom stereocenters. The summed E-state index contributed by atoms with van der Waals surface area (Å²) >= 11 is 6.11. The first kappa shape index (κ1) is 24.4. The zero-order valence-electron chi connectivity index (χ0n) is 17.9. The molecule has 0 heterocycles. The van der Waals surface area contributed by atoms with Gasteiger partial charge in [-0.1, -0.05) is 54.1 Å². The van der Waals surface area contributed by atoms with Gasteiger partial charge in [0.05, 0.1) is 5.02 Å². The zero-order valence-corrected chi connectivity index (χ0v) is 19.5. The number of amides is 2. The molecule has 3 aromatic rings. The molecule has 33 heavy (non-hydrogen) atoms. The van der Waals surface area contributed by atoms with E-state index in [1.54, 1.807) is 67.6 Å². The van der Waals surface area contributed by atoms with Crippen molar-refractivity contribution >= 4 is 44.8 Å². The summed E-state index contributed by atoms with van der Waals surface area (Å²) in [5.74, 6) is -0.924. The summed E-state index contributed by atoms with van der Waals surface area (Å²) in [7, 11) is -4.13. The highest BCUT2D eigenvalue weighted by molar-refractivity contribution is 7.89. The summed E-state index contributed by atoms with van der Waals surface area (Å²) in [6, 6.07) is 20.9. The highest BCUT2D eigenvalue weighted by Gasteiger charge is 2.28. The molecule has 0 saturated carbocycles. The average molecular weight is 486 g/mol. The lowest BCUT2D eigenvalue weighted by Crippen LogP contribution is -2.44. The number of nitrogens with one attached hydrogen (secondary N) is 3. The molecule has 172 valence electrons. The average Bonchev–Trinajstić information content (AvgIpc) is 2.79. The first-order valence-electron chi connectivity index (χ1n) is 10.2. The Morgan fingerprint density at radius 2 is 1.45 bits per heavy atom. The third kappa shape index (κ3) is 7.15. The summed E-state index contributed by atoms with van der Waals surface area (Å²) in [6.45, 7) is 1.74. The summed E-state index contributed by atoms with van der Waals surface area (Å²) in [6.07, 6.45) is -0.133. The number of hydrogen-bond acceptors (Lipinski definition) is 4. The van der Waals surface area contributed by atoms with E-state index >= 15 is 0 Å². The van der Waals surface area contributed by atoms with Crippen molar-refractivity contribution < 1.29 is 18.0 Å². The molecule has 0 saturated heterocycles. The molecule has 0 radical (unpaired) electrons. The van der Waals surface area contributed by atoms with Gasteiger partial charge in [-0.05, 0) is 55.3 Å². The molecular formula is C24H24ClN3O4S. The van der Waals surface area contributed by atoms with Gasteiger partial charge in [0.1, 0.15) is 10.9 Å². The Morgan fingerprint density at radius 3 is 2.06 bits per heavy atom. The first-order valence-corrected chi connectivity index (χ1v) is 12.1. The molecule has 2 amide bonds. The molecule has 0 bridgehead atoms. The third-order valence-corrected chi connectivity index (χ3v) is 6.70. The van der Waals surface area contributed by atoms with Crippen molar-refractivity contribution in [3.63, 3.8) is 0 Å². The molecule has 0 unspecified atom stereocenters. The lowest BCUT2D eigenvalue weighted by molar-refractivity contribution is -0.118. The molecule has 7 nitrogen and oxygen atoms in total. The summed E-state index contributed by atoms with van der Waals surface area (Å²) in [4.78, 5) is 25.2. The zero-order chi connectivity index (χ0) is 23.8. The minimum atomic E-state index is -4.13. The summed E-state index contributed by atoms with van der Waals surface area (Å²) in [5.41, 5.74) is 1.82. The van der Waals surface area contributed by atoms with Crippen LogP contribution in [-0.2, 0) is 19.6 Å². The van der Waals surface area contributed by atoms with Gasteiger partial charge >= 0.3 is 0 Å². The van der Waals surface area contributed by atoms with E-state index in [1.807, 2.05) is 6.07 Å². The molecule has 0 aliphatic carbocycles. The number of aryl methyl sites for hydroxylation is 1. The van der Waals surface area contributed by atoms with Crippen molar-refractivity contribution in [3.8, 4) is 0 Å². The van der Waals surface area contributed by atoms with E-state index in [9.17, 15) is 18.0 Å². The van der Waals surface area contributed by atoms with Crippen molar-refractivity contribution in [2.24, 2.45) is 0 Å². The Balaban J connectivity index is 1.77. The first-order chi connectivity index (χ1) is 15.7. The fraction of sp³-hybridized carbons (Fsp3) is 0.167. The van der Waals surface area contributed by atoms with Crippen molar-refractivity contribution in [2.45, 2.75) is 30.7 Å². The molecular weight excluding hydrogens is 462 g/mol. The van der Waals surface area contributed by atoms with Crippen LogP contribution >= 0.6 is 11.6 Å². The van der Waals surface area contributed by atoms with Crippen LogP contribution in [0.4, 0.5) is 11.4 Å². The van der Waals surface area contributed by atoms with Crippen molar-refractivity contribution in [2.75, 3.05) is 10.6 Å². The minimum Gasteiger partial charge on any atom is -0.326 e. The summed E-state index contributed by atoms with van der Waals surface area (Å²) in [5, 5.41) is 5.45. The fourth-order valence-corrected chi connectivity index (χ4v) is 4.90. The van der Waals surface area contributed by atoms with Gasteiger partial charge in [0.2, 0.25) is 21.8 Å². The van der Waals surface area contributed by atoms with Gasteiger partial charge in [-0.15, -0.1) is 0 Å². The highest BCUT2D eigenvalue weighted by atomic mass is 35.5. The van der Waals surface area contributed by atoms with Crippen LogP contribution in [0.2, 0.25) is 5.02 Å². The van der Waals surface area contributed by atoms with Crippen LogP contribution in [0.15, 0.2) is 83.8 Å². The standard InChI is InChI=1S/C24H24ClN3O4S/c1-17-12-13-20(25)22(16-17)33(31,32)28-21(24(30)27-19-10-6-3-7-11-19)14-15-23(29)26-18-8-4-2-5-9-18/h2-13,16,21,28H,14-15H2,1H3,(H,26,29)(H,27,30)/t21-/m0/s1. The third-order valence-electron chi connectivity index (χ3n) is 4.75. The number of para-hydroxylation sites is 2. The Labute approximate surface area is 198 Å². The number of sulfonamides is 1. The maximum atomic E-state index is 13.0. The predicted molar refractivity (Wildman–Crippen MR) is 130 cm³/mol. The van der Waals surface area contributed by atoms with E-state index in [0.717, 1.165) is 0 Å². The van der Waals surface area contributed by atoms with Crippen molar-refractivity contribution in [3.05, 3.63) is 89.4 Å². The molecule has 0 aliphatic heterocycles. The lowest BCUT2D eigenvalue weighted by atomic mass is 10.1. The van der Waals surface area contributed by atoms with Crippen LogP contribution < -0.4 is 15.4 Å². The van der Waals surface area contributed by atoms with E-state index in [4.69, 9.17) is 11.6 Å². The molecule has 3 aromatic carbocycles. The molecule has 0 aromatic heterocycles. The van der Waals surface area contributed by atoms with Gasteiger partial charge in [-0.2, -0.15) is 4.72 Å². The van der Waals surface area contributed by atoms with Crippen LogP contribution in [0.3, 0.4) is 0 Å². The fourth-order valence-electron chi connectivity index (χ4n) is 3.08. The van der Waals surface area contributed by atoms with Crippen molar-refractivity contribution in [1.82, 2.24) is 4.72 Å². The van der Waals surface area contributed by atoms with Crippen LogP contribution in [0.25, 0.3) is 0 Å². The highest BCUT2D eigenvalue weighted by Crippen LogP contribution is 2.23. The van der Waals surface area contributed by atoms with Crippen LogP contribution in [0.5, 0.6) is 0 Å². The molecule has 0 aliphatic rings. The van der Waals surface area contributed by atoms with Gasteiger partial charge in [0.15, 0.2) is 0 Å². The minimum absolute atomic E-state index is 0.0390. The number of halogens is 1. The van der Waals surface area contributed by atoms with Crippen LogP contribution in [-0.4, -0.2) is 26.3 Å². The number of hydrogen-bond donors (Lipinski definition) is 3. The molecule has 3 rings (SSSR count). The lowest BCUT2D eigenvalue weighted by Gasteiger charge is -2.19. The Bertz CT molecular complexity index is 1220. The maximum absolute atomic E-state index is 13.0. The number of carbonyl (C=O) groups excluding carboxylic acids is 2. The number of benzene rings is 3. The van der Waals surface area contributed by atoms with Crippen LogP contribution in [0, 0.1) is 6.92 Å². The second-order valence-corrected chi connectivity index (χ2v) is 9.51. The Morgan fingerprint density at radius 1 is 0.879 bits per heavy atom. The molecule has 0 spiro atoms. The predicted octanol–water partition coefficient (Wildman–Crippen LogP) is 4.35. The van der Waals surface area contributed by atoms with Crippen molar-refractivity contribution in [1.29, 1.82) is 0 Å². The largest absolute Gasteiger partial charge is 0.326 e. The van der Waals surface area contributed by atoms with Gasteiger partial charge in [0.25, 0.3) is 0 Å². The monoisotopic (exact) mass is 485 g/mol. The van der Waals surface area contributed by atoms with Crippen LogP contribution in [0.1, 0.15) is 18.4 Å². The van der Waals surface area contributed by atoms with Gasteiger partial charge < -0.3 is 10.6 Å². The number of rotatable bonds is 9. The number of carbonyl (C=O) groups is 2. The van der Waals surface area contributed by atoms with E-state index in [1.165, 1.54) is 12.1 Å². The molecule has 9 heteroatoms. The Hall–Kier alpha value is -3.20. The van der Waals surface area contributed by atoms with E-state index < -0.39 is 22.0 Å². The SMILES string of the molecule is Cc1ccc(Cl)c(S(=O)(=O)N[C@@H](CCC(=O)Nc2ccccc2)C(=O)Nc2ccccc2)c1. The van der Waals surface area contributed by atoms with Gasteiger partial charge in [-0.3, -0.25) is 9.59 Å². The normalized spacial score (nSPS) is 12.1. The van der Waals surface area contributed by atoms with E-state index in [2.05, 4.69) is 15.4 Å². The topological polar surface area (TPSA) is 104 Å². The van der Waals surface area contributed by atoms with E-state index in [-0.39, 0.29) is 28.7 Å². The quantitative estimate of drug-likeness (QED) is 0.419. The maximum Gasteiger partial charge on any atom is 0.242 e. The van der Waals surface area contributed by atoms with Gasteiger partial charge in [-0.25, -0.2) is 8.42 Å². The number of anilines is 2. The smallest absolute Gasteiger partial charge is 0.242 e.